The summed E-state index contributed by atoms with van der Waals surface area (Å²) < 4.78 is 2.45. The average Bonchev–Trinajstić information content (AvgIpc) is 2.65. The van der Waals surface area contributed by atoms with Crippen LogP contribution in [0.2, 0.25) is 0 Å². The van der Waals surface area contributed by atoms with Crippen LogP contribution in [0.3, 0.4) is 0 Å². The number of hydrogen-bond donors (Lipinski definition) is 1. The van der Waals surface area contributed by atoms with Crippen molar-refractivity contribution in [3.05, 3.63) is 26.6 Å². The first-order chi connectivity index (χ1) is 6.77. The number of thiophene rings is 1. The zero-order chi connectivity index (χ0) is 10.1. The van der Waals surface area contributed by atoms with Gasteiger partial charge < -0.3 is 5.11 Å². The maximum absolute atomic E-state index is 9.24. The van der Waals surface area contributed by atoms with E-state index in [1.165, 1.54) is 18.6 Å². The van der Waals surface area contributed by atoms with Gasteiger partial charge in [-0.2, -0.15) is 0 Å². The zero-order valence-corrected chi connectivity index (χ0v) is 11.4. The number of hydrogen-bond acceptors (Lipinski definition) is 3. The van der Waals surface area contributed by atoms with Crippen LogP contribution >= 0.6 is 45.7 Å². The van der Waals surface area contributed by atoms with Crippen molar-refractivity contribution in [1.29, 1.82) is 0 Å². The molecule has 4 heteroatoms. The van der Waals surface area contributed by atoms with Crippen LogP contribution in [0.25, 0.3) is 10.1 Å². The highest BCUT2D eigenvalue weighted by Crippen LogP contribution is 2.36. The van der Waals surface area contributed by atoms with Gasteiger partial charge in [-0.1, -0.05) is 0 Å². The van der Waals surface area contributed by atoms with E-state index in [1.54, 1.807) is 23.1 Å². The molecule has 0 saturated heterocycles. The summed E-state index contributed by atoms with van der Waals surface area (Å²) in [6.45, 7) is 0.127. The molecule has 1 aromatic heterocycles. The Hall–Kier alpha value is 0.220. The number of fused-ring (bicyclic) bond motifs is 1. The van der Waals surface area contributed by atoms with Crippen molar-refractivity contribution in [3.63, 3.8) is 0 Å². The second-order valence-corrected chi connectivity index (χ2v) is 5.77. The Bertz CT molecular complexity index is 464. The standard InChI is InChI=1S/C10H9IOS2/c1-13-10-7-2-3-14-9(7)6(5-12)4-8(10)11/h2-4,12H,5H2,1H3. The molecule has 0 bridgehead atoms. The maximum Gasteiger partial charge on any atom is 0.0696 e. The van der Waals surface area contributed by atoms with Crippen LogP contribution < -0.4 is 0 Å². The quantitative estimate of drug-likeness (QED) is 0.666. The third-order valence-electron chi connectivity index (χ3n) is 2.09. The topological polar surface area (TPSA) is 20.2 Å². The Kier molecular flexibility index (Phi) is 3.36. The first-order valence-electron chi connectivity index (χ1n) is 4.11. The molecule has 0 unspecified atom stereocenters. The molecule has 0 atom stereocenters. The van der Waals surface area contributed by atoms with Crippen molar-refractivity contribution in [2.75, 3.05) is 6.26 Å². The van der Waals surface area contributed by atoms with Crippen molar-refractivity contribution >= 4 is 55.8 Å². The van der Waals surface area contributed by atoms with E-state index in [0.29, 0.717) is 0 Å². The minimum absolute atomic E-state index is 0.127. The van der Waals surface area contributed by atoms with E-state index in [4.69, 9.17) is 0 Å². The second kappa shape index (κ2) is 4.38. The third kappa shape index (κ3) is 1.68. The normalized spacial score (nSPS) is 11.1. The molecular formula is C10H9IOS2. The van der Waals surface area contributed by atoms with Gasteiger partial charge in [0, 0.05) is 18.6 Å². The summed E-state index contributed by atoms with van der Waals surface area (Å²) in [4.78, 5) is 1.32. The fraction of sp³-hybridized carbons (Fsp3) is 0.200. The summed E-state index contributed by atoms with van der Waals surface area (Å²) in [7, 11) is 0. The number of rotatable bonds is 2. The van der Waals surface area contributed by atoms with Crippen molar-refractivity contribution in [3.8, 4) is 0 Å². The highest BCUT2D eigenvalue weighted by Gasteiger charge is 2.10. The minimum atomic E-state index is 0.127. The van der Waals surface area contributed by atoms with E-state index in [-0.39, 0.29) is 6.61 Å². The smallest absolute Gasteiger partial charge is 0.0696 e. The molecule has 1 aromatic carbocycles. The van der Waals surface area contributed by atoms with Gasteiger partial charge in [-0.3, -0.25) is 0 Å². The van der Waals surface area contributed by atoms with Crippen LogP contribution in [0.1, 0.15) is 5.56 Å². The largest absolute Gasteiger partial charge is 0.392 e. The van der Waals surface area contributed by atoms with Gasteiger partial charge in [0.1, 0.15) is 0 Å². The highest BCUT2D eigenvalue weighted by atomic mass is 127. The molecule has 1 N–H and O–H groups in total. The lowest BCUT2D eigenvalue weighted by atomic mass is 10.2. The summed E-state index contributed by atoms with van der Waals surface area (Å²) in [6, 6.07) is 4.21. The van der Waals surface area contributed by atoms with Crippen LogP contribution in [-0.4, -0.2) is 11.4 Å². The van der Waals surface area contributed by atoms with Crippen LogP contribution in [0, 0.1) is 3.57 Å². The molecule has 0 amide bonds. The van der Waals surface area contributed by atoms with Gasteiger partial charge in [0.15, 0.2) is 0 Å². The first kappa shape index (κ1) is 10.7. The SMILES string of the molecule is CSc1c(I)cc(CO)c2sccc12. The Balaban J connectivity index is 2.81. The molecule has 74 valence electrons. The van der Waals surface area contributed by atoms with Crippen LogP contribution in [0.15, 0.2) is 22.4 Å². The molecule has 1 nitrogen and oxygen atoms in total. The molecular weight excluding hydrogens is 327 g/mol. The molecule has 0 fully saturated rings. The molecule has 1 heterocycles. The lowest BCUT2D eigenvalue weighted by molar-refractivity contribution is 0.283. The molecule has 0 saturated carbocycles. The first-order valence-corrected chi connectivity index (χ1v) is 7.29. The summed E-state index contributed by atoms with van der Waals surface area (Å²) in [5.74, 6) is 0. The predicted octanol–water partition coefficient (Wildman–Crippen LogP) is 3.72. The van der Waals surface area contributed by atoms with Gasteiger partial charge in [0.25, 0.3) is 0 Å². The lowest BCUT2D eigenvalue weighted by Gasteiger charge is -2.06. The molecule has 2 aromatic rings. The van der Waals surface area contributed by atoms with Gasteiger partial charge in [-0.15, -0.1) is 23.1 Å². The van der Waals surface area contributed by atoms with Gasteiger partial charge in [-0.25, -0.2) is 0 Å². The van der Waals surface area contributed by atoms with Gasteiger partial charge in [0.2, 0.25) is 0 Å². The summed E-state index contributed by atoms with van der Waals surface area (Å²) in [5, 5.41) is 12.6. The molecule has 0 spiro atoms. The van der Waals surface area contributed by atoms with E-state index in [0.717, 1.165) is 5.56 Å². The van der Waals surface area contributed by atoms with E-state index in [1.807, 2.05) is 0 Å². The van der Waals surface area contributed by atoms with Gasteiger partial charge in [0.05, 0.1) is 6.61 Å². The molecule has 0 aliphatic heterocycles. The summed E-state index contributed by atoms with van der Waals surface area (Å²) >= 11 is 5.79. The number of thioether (sulfide) groups is 1. The molecule has 0 aliphatic rings. The second-order valence-electron chi connectivity index (χ2n) is 2.87. The maximum atomic E-state index is 9.24. The Morgan fingerprint density at radius 2 is 2.36 bits per heavy atom. The molecule has 14 heavy (non-hydrogen) atoms. The van der Waals surface area contributed by atoms with E-state index in [2.05, 4.69) is 46.4 Å². The van der Waals surface area contributed by atoms with Gasteiger partial charge in [-0.05, 0) is 51.9 Å². The van der Waals surface area contributed by atoms with E-state index in [9.17, 15) is 5.11 Å². The fourth-order valence-corrected chi connectivity index (χ4v) is 4.42. The number of halogens is 1. The molecule has 2 rings (SSSR count). The van der Waals surface area contributed by atoms with Gasteiger partial charge >= 0.3 is 0 Å². The van der Waals surface area contributed by atoms with E-state index >= 15 is 0 Å². The Morgan fingerprint density at radius 3 is 3.00 bits per heavy atom. The number of benzene rings is 1. The summed E-state index contributed by atoms with van der Waals surface area (Å²) in [6.07, 6.45) is 2.09. The monoisotopic (exact) mass is 336 g/mol. The lowest BCUT2D eigenvalue weighted by Crippen LogP contribution is -1.87. The fourth-order valence-electron chi connectivity index (χ4n) is 1.47. The number of aliphatic hydroxyl groups is 1. The van der Waals surface area contributed by atoms with Crippen LogP contribution in [0.5, 0.6) is 0 Å². The third-order valence-corrected chi connectivity index (χ3v) is 5.15. The van der Waals surface area contributed by atoms with Crippen molar-refractivity contribution < 1.29 is 5.11 Å². The van der Waals surface area contributed by atoms with Crippen molar-refractivity contribution in [2.45, 2.75) is 11.5 Å². The number of aliphatic hydroxyl groups excluding tert-OH is 1. The average molecular weight is 336 g/mol. The zero-order valence-electron chi connectivity index (χ0n) is 7.58. The summed E-state index contributed by atoms with van der Waals surface area (Å²) in [5.41, 5.74) is 1.04. The van der Waals surface area contributed by atoms with Crippen molar-refractivity contribution in [1.82, 2.24) is 0 Å². The van der Waals surface area contributed by atoms with Crippen molar-refractivity contribution in [2.24, 2.45) is 0 Å². The Labute approximate surface area is 105 Å². The Morgan fingerprint density at radius 1 is 1.57 bits per heavy atom. The molecule has 0 aliphatic carbocycles. The van der Waals surface area contributed by atoms with Crippen LogP contribution in [-0.2, 0) is 6.61 Å². The van der Waals surface area contributed by atoms with Crippen LogP contribution in [0.4, 0.5) is 0 Å². The predicted molar refractivity (Wildman–Crippen MR) is 72.2 cm³/mol. The highest BCUT2D eigenvalue weighted by molar-refractivity contribution is 14.1. The minimum Gasteiger partial charge on any atom is -0.392 e. The van der Waals surface area contributed by atoms with E-state index < -0.39 is 0 Å². The molecule has 0 radical (unpaired) electrons.